The number of anilines is 1. The summed E-state index contributed by atoms with van der Waals surface area (Å²) in [6.45, 7) is 1.59. The fourth-order valence-corrected chi connectivity index (χ4v) is 2.79. The highest BCUT2D eigenvalue weighted by Crippen LogP contribution is 2.25. The van der Waals surface area contributed by atoms with Gasteiger partial charge in [-0.05, 0) is 72.0 Å². The molecule has 0 fully saturated rings. The van der Waals surface area contributed by atoms with E-state index in [1.54, 1.807) is 31.2 Å². The predicted molar refractivity (Wildman–Crippen MR) is 103 cm³/mol. The zero-order valence-corrected chi connectivity index (χ0v) is 15.5. The van der Waals surface area contributed by atoms with Crippen molar-refractivity contribution in [1.29, 1.82) is 0 Å². The second-order valence-corrected chi connectivity index (χ2v) is 6.55. The van der Waals surface area contributed by atoms with Crippen molar-refractivity contribution in [3.05, 3.63) is 81.4 Å². The Kier molecular flexibility index (Phi) is 5.28. The van der Waals surface area contributed by atoms with Crippen LogP contribution in [0.5, 0.6) is 11.5 Å². The molecule has 0 unspecified atom stereocenters. The van der Waals surface area contributed by atoms with E-state index in [1.165, 1.54) is 12.1 Å². The molecule has 0 atom stereocenters. The zero-order valence-electron chi connectivity index (χ0n) is 13.3. The molecular formula is C19H14FIN2O2. The van der Waals surface area contributed by atoms with Crippen LogP contribution >= 0.6 is 22.6 Å². The molecule has 1 heterocycles. The molecule has 4 nitrogen and oxygen atoms in total. The largest absolute Gasteiger partial charge is 0.457 e. The summed E-state index contributed by atoms with van der Waals surface area (Å²) in [4.78, 5) is 16.0. The van der Waals surface area contributed by atoms with Crippen LogP contribution in [0.3, 0.4) is 0 Å². The van der Waals surface area contributed by atoms with Crippen LogP contribution in [0.4, 0.5) is 10.1 Å². The van der Waals surface area contributed by atoms with E-state index in [4.69, 9.17) is 4.74 Å². The van der Waals surface area contributed by atoms with Gasteiger partial charge in [0.1, 0.15) is 11.5 Å². The van der Waals surface area contributed by atoms with Crippen molar-refractivity contribution in [1.82, 2.24) is 4.98 Å². The molecule has 1 aromatic heterocycles. The van der Waals surface area contributed by atoms with E-state index in [0.29, 0.717) is 28.4 Å². The lowest BCUT2D eigenvalue weighted by Gasteiger charge is -2.10. The monoisotopic (exact) mass is 448 g/mol. The Morgan fingerprint density at radius 1 is 1.08 bits per heavy atom. The van der Waals surface area contributed by atoms with Crippen molar-refractivity contribution in [3.8, 4) is 11.5 Å². The van der Waals surface area contributed by atoms with Crippen LogP contribution in [0.1, 0.15) is 16.1 Å². The van der Waals surface area contributed by atoms with Gasteiger partial charge in [0, 0.05) is 15.3 Å². The van der Waals surface area contributed by atoms with Crippen LogP contribution in [0.25, 0.3) is 0 Å². The molecule has 0 aliphatic carbocycles. The molecule has 6 heteroatoms. The molecule has 1 amide bonds. The maximum Gasteiger partial charge on any atom is 0.257 e. The number of carbonyl (C=O) groups excluding carboxylic acids is 1. The van der Waals surface area contributed by atoms with Crippen molar-refractivity contribution in [3.63, 3.8) is 0 Å². The summed E-state index contributed by atoms with van der Waals surface area (Å²) in [5, 5.41) is 2.77. The van der Waals surface area contributed by atoms with Gasteiger partial charge in [-0.3, -0.25) is 4.79 Å². The van der Waals surface area contributed by atoms with Gasteiger partial charge in [0.25, 0.3) is 5.91 Å². The van der Waals surface area contributed by atoms with Crippen LogP contribution in [0, 0.1) is 16.4 Å². The maximum atomic E-state index is 13.1. The van der Waals surface area contributed by atoms with Crippen LogP contribution in [-0.2, 0) is 0 Å². The number of hydrogen-bond donors (Lipinski definition) is 1. The second-order valence-electron chi connectivity index (χ2n) is 5.31. The highest BCUT2D eigenvalue weighted by molar-refractivity contribution is 14.1. The van der Waals surface area contributed by atoms with E-state index >= 15 is 0 Å². The fourth-order valence-electron chi connectivity index (χ4n) is 2.27. The summed E-state index contributed by atoms with van der Waals surface area (Å²) in [6, 6.07) is 17.3. The van der Waals surface area contributed by atoms with E-state index in [9.17, 15) is 9.18 Å². The van der Waals surface area contributed by atoms with Gasteiger partial charge in [0.05, 0.1) is 11.3 Å². The highest BCUT2D eigenvalue weighted by atomic mass is 127. The van der Waals surface area contributed by atoms with Crippen molar-refractivity contribution in [2.75, 3.05) is 5.32 Å². The molecule has 0 spiro atoms. The normalized spacial score (nSPS) is 10.4. The summed E-state index contributed by atoms with van der Waals surface area (Å²) in [6.07, 6.45) is 0. The Morgan fingerprint density at radius 2 is 1.80 bits per heavy atom. The number of amides is 1. The molecule has 126 valence electrons. The van der Waals surface area contributed by atoms with Crippen molar-refractivity contribution < 1.29 is 13.9 Å². The lowest BCUT2D eigenvalue weighted by molar-refractivity contribution is 0.102. The van der Waals surface area contributed by atoms with Gasteiger partial charge in [0.15, 0.2) is 0 Å². The number of pyridine rings is 1. The van der Waals surface area contributed by atoms with Gasteiger partial charge in [-0.2, -0.15) is 4.39 Å². The lowest BCUT2D eigenvalue weighted by Crippen LogP contribution is -2.14. The minimum Gasteiger partial charge on any atom is -0.457 e. The van der Waals surface area contributed by atoms with E-state index in [0.717, 1.165) is 3.57 Å². The average Bonchev–Trinajstić information content (AvgIpc) is 2.55. The van der Waals surface area contributed by atoms with Gasteiger partial charge in [-0.1, -0.05) is 12.1 Å². The molecule has 1 N–H and O–H groups in total. The summed E-state index contributed by atoms with van der Waals surface area (Å²) in [5.74, 6) is 0.362. The second kappa shape index (κ2) is 7.60. The smallest absolute Gasteiger partial charge is 0.257 e. The SMILES string of the molecule is Cc1nc(F)ccc1C(=O)Nc1cccc(Oc2cccc(I)c2)c1. The summed E-state index contributed by atoms with van der Waals surface area (Å²) in [7, 11) is 0. The number of halogens is 2. The number of benzene rings is 2. The molecule has 0 saturated heterocycles. The number of nitrogens with one attached hydrogen (secondary N) is 1. The van der Waals surface area contributed by atoms with Crippen LogP contribution in [0.15, 0.2) is 60.7 Å². The van der Waals surface area contributed by atoms with Gasteiger partial charge in [0.2, 0.25) is 5.95 Å². The molecule has 0 aliphatic heterocycles. The van der Waals surface area contributed by atoms with Gasteiger partial charge >= 0.3 is 0 Å². The maximum absolute atomic E-state index is 13.1. The Hall–Kier alpha value is -2.48. The molecule has 0 bridgehead atoms. The summed E-state index contributed by atoms with van der Waals surface area (Å²) < 4.78 is 19.9. The Balaban J connectivity index is 1.76. The topological polar surface area (TPSA) is 51.2 Å². The highest BCUT2D eigenvalue weighted by Gasteiger charge is 2.11. The molecule has 0 saturated carbocycles. The minimum atomic E-state index is -0.609. The third-order valence-electron chi connectivity index (χ3n) is 3.42. The summed E-state index contributed by atoms with van der Waals surface area (Å²) >= 11 is 2.21. The first kappa shape index (κ1) is 17.3. The van der Waals surface area contributed by atoms with E-state index in [2.05, 4.69) is 32.9 Å². The van der Waals surface area contributed by atoms with Crippen molar-refractivity contribution in [2.45, 2.75) is 6.92 Å². The lowest BCUT2D eigenvalue weighted by atomic mass is 10.2. The molecule has 25 heavy (non-hydrogen) atoms. The standard InChI is InChI=1S/C19H14FIN2O2/c1-12-17(8-9-18(20)22-12)19(24)23-14-5-3-7-16(11-14)25-15-6-2-4-13(21)10-15/h2-11H,1H3,(H,23,24). The quantitative estimate of drug-likeness (QED) is 0.442. The number of ether oxygens (including phenoxy) is 1. The van der Waals surface area contributed by atoms with E-state index < -0.39 is 5.95 Å². The van der Waals surface area contributed by atoms with Gasteiger partial charge < -0.3 is 10.1 Å². The van der Waals surface area contributed by atoms with Gasteiger partial charge in [-0.25, -0.2) is 4.98 Å². The molecule has 2 aromatic carbocycles. The molecule has 0 aliphatic rings. The first-order valence-corrected chi connectivity index (χ1v) is 8.57. The van der Waals surface area contributed by atoms with E-state index in [-0.39, 0.29) is 5.91 Å². The van der Waals surface area contributed by atoms with Gasteiger partial charge in [-0.15, -0.1) is 0 Å². The predicted octanol–water partition coefficient (Wildman–Crippen LogP) is 5.18. The number of aryl methyl sites for hydroxylation is 1. The number of nitrogens with zero attached hydrogens (tertiary/aromatic N) is 1. The molecule has 3 aromatic rings. The van der Waals surface area contributed by atoms with E-state index in [1.807, 2.05) is 24.3 Å². The molecule has 0 radical (unpaired) electrons. The Morgan fingerprint density at radius 3 is 2.52 bits per heavy atom. The van der Waals surface area contributed by atoms with Crippen molar-refractivity contribution in [2.24, 2.45) is 0 Å². The number of rotatable bonds is 4. The first-order valence-electron chi connectivity index (χ1n) is 7.49. The fraction of sp³-hybridized carbons (Fsp3) is 0.0526. The van der Waals surface area contributed by atoms with Crippen molar-refractivity contribution >= 4 is 34.2 Å². The first-order chi connectivity index (χ1) is 12.0. The van der Waals surface area contributed by atoms with Crippen LogP contribution in [0.2, 0.25) is 0 Å². The Bertz CT molecular complexity index is 931. The average molecular weight is 448 g/mol. The molecular weight excluding hydrogens is 434 g/mol. The summed E-state index contributed by atoms with van der Waals surface area (Å²) in [5.41, 5.74) is 1.24. The number of hydrogen-bond acceptors (Lipinski definition) is 3. The Labute approximate surface area is 158 Å². The molecule has 3 rings (SSSR count). The minimum absolute atomic E-state index is 0.324. The van der Waals surface area contributed by atoms with Crippen LogP contribution < -0.4 is 10.1 Å². The third-order valence-corrected chi connectivity index (χ3v) is 4.09. The number of carbonyl (C=O) groups is 1. The zero-order chi connectivity index (χ0) is 17.8. The van der Waals surface area contributed by atoms with Crippen LogP contribution in [-0.4, -0.2) is 10.9 Å². The third kappa shape index (κ3) is 4.54. The number of aromatic nitrogens is 1.